The van der Waals surface area contributed by atoms with Crippen LogP contribution in [0.5, 0.6) is 0 Å². The summed E-state index contributed by atoms with van der Waals surface area (Å²) in [6, 6.07) is 9.89. The van der Waals surface area contributed by atoms with Crippen molar-refractivity contribution in [2.75, 3.05) is 31.9 Å². The van der Waals surface area contributed by atoms with E-state index in [1.165, 1.54) is 6.34 Å². The number of aliphatic imine (C=N–C) groups is 2. The van der Waals surface area contributed by atoms with Crippen molar-refractivity contribution in [3.05, 3.63) is 36.0 Å². The molecule has 1 aliphatic heterocycles. The number of nitrogen functional groups attached to an aromatic ring is 1. The normalized spacial score (nSPS) is 19.3. The van der Waals surface area contributed by atoms with Gasteiger partial charge in [-0.05, 0) is 49.2 Å². The van der Waals surface area contributed by atoms with E-state index < -0.39 is 0 Å². The number of nitrogens with two attached hydrogens (primary N) is 1. The molecule has 3 N–H and O–H groups in total. The van der Waals surface area contributed by atoms with E-state index in [1.54, 1.807) is 18.0 Å². The number of hydrogen-bond acceptors (Lipinski definition) is 7. The van der Waals surface area contributed by atoms with Crippen LogP contribution in [0.15, 0.2) is 50.9 Å². The van der Waals surface area contributed by atoms with Gasteiger partial charge >= 0.3 is 0 Å². The second-order valence-electron chi connectivity index (χ2n) is 4.99. The van der Waals surface area contributed by atoms with E-state index in [1.807, 2.05) is 37.3 Å². The number of nitrogens with one attached hydrogen (secondary N) is 1. The summed E-state index contributed by atoms with van der Waals surface area (Å²) < 4.78 is 2.25. The van der Waals surface area contributed by atoms with Crippen LogP contribution < -0.4 is 11.1 Å². The van der Waals surface area contributed by atoms with Crippen molar-refractivity contribution in [1.29, 1.82) is 5.26 Å². The largest absolute Gasteiger partial charge is 0.399 e. The van der Waals surface area contributed by atoms with Gasteiger partial charge in [-0.25, -0.2) is 9.30 Å². The molecule has 0 unspecified atom stereocenters. The average Bonchev–Trinajstić information content (AvgIpc) is 2.53. The van der Waals surface area contributed by atoms with Crippen LogP contribution in [-0.4, -0.2) is 42.5 Å². The highest BCUT2D eigenvalue weighted by atomic mass is 32.2. The predicted molar refractivity (Wildman–Crippen MR) is 96.5 cm³/mol. The van der Waals surface area contributed by atoms with Gasteiger partial charge in [-0.1, -0.05) is 0 Å². The van der Waals surface area contributed by atoms with Gasteiger partial charge in [0.15, 0.2) is 0 Å². The van der Waals surface area contributed by atoms with Gasteiger partial charge in [0.1, 0.15) is 18.1 Å². The first-order valence-electron chi connectivity index (χ1n) is 7.34. The van der Waals surface area contributed by atoms with Crippen LogP contribution in [0.2, 0.25) is 0 Å². The Morgan fingerprint density at radius 1 is 1.30 bits per heavy atom. The molecule has 0 fully saturated rings. The molecular formula is C16H20N6S. The van der Waals surface area contributed by atoms with E-state index >= 15 is 0 Å². The Labute approximate surface area is 140 Å². The fourth-order valence-electron chi connectivity index (χ4n) is 1.94. The molecule has 1 aliphatic rings. The molecule has 0 atom stereocenters. The molecule has 120 valence electrons. The van der Waals surface area contributed by atoms with E-state index in [4.69, 9.17) is 11.0 Å². The zero-order chi connectivity index (χ0) is 16.5. The number of nitriles is 1. The molecular weight excluding hydrogens is 308 g/mol. The minimum Gasteiger partial charge on any atom is -0.399 e. The van der Waals surface area contributed by atoms with E-state index in [9.17, 15) is 0 Å². The molecule has 0 saturated heterocycles. The summed E-state index contributed by atoms with van der Waals surface area (Å²) in [5.74, 6) is 0. The average molecular weight is 328 g/mol. The summed E-state index contributed by atoms with van der Waals surface area (Å²) in [5, 5.41) is 12.3. The van der Waals surface area contributed by atoms with Gasteiger partial charge in [-0.2, -0.15) is 5.26 Å². The first-order chi connectivity index (χ1) is 11.2. The Kier molecular flexibility index (Phi) is 6.66. The van der Waals surface area contributed by atoms with Gasteiger partial charge in [0.25, 0.3) is 0 Å². The van der Waals surface area contributed by atoms with Crippen molar-refractivity contribution in [1.82, 2.24) is 9.62 Å². The Bertz CT molecular complexity index is 642. The topological polar surface area (TPSA) is 89.8 Å². The Balaban J connectivity index is 2.03. The standard InChI is InChI=1S/C16H20N6S/c1-13-10-15(11-17)21-12-19-6-8-22(9-7-20-13)23-16-4-2-14(18)3-5-16/h2-5,10,12,20H,6-9,18H2,1H3/b13-10-,19-12?,21-15?. The molecule has 0 amide bonds. The maximum absolute atomic E-state index is 9.00. The highest BCUT2D eigenvalue weighted by Gasteiger charge is 2.07. The lowest BCUT2D eigenvalue weighted by Crippen LogP contribution is -2.29. The fraction of sp³-hybridized carbons (Fsp3) is 0.312. The van der Waals surface area contributed by atoms with Crippen molar-refractivity contribution < 1.29 is 0 Å². The van der Waals surface area contributed by atoms with Gasteiger partial charge < -0.3 is 11.1 Å². The van der Waals surface area contributed by atoms with Crippen LogP contribution in [0.3, 0.4) is 0 Å². The third-order valence-corrected chi connectivity index (χ3v) is 4.21. The molecule has 0 saturated carbocycles. The lowest BCUT2D eigenvalue weighted by atomic mass is 10.3. The van der Waals surface area contributed by atoms with Crippen molar-refractivity contribution in [3.8, 4) is 6.07 Å². The van der Waals surface area contributed by atoms with Crippen LogP contribution >= 0.6 is 11.9 Å². The molecule has 7 heteroatoms. The van der Waals surface area contributed by atoms with Crippen LogP contribution in [0.25, 0.3) is 0 Å². The van der Waals surface area contributed by atoms with Crippen LogP contribution in [0.1, 0.15) is 6.92 Å². The summed E-state index contributed by atoms with van der Waals surface area (Å²) in [4.78, 5) is 9.44. The monoisotopic (exact) mass is 328 g/mol. The molecule has 23 heavy (non-hydrogen) atoms. The highest BCUT2D eigenvalue weighted by Crippen LogP contribution is 2.23. The molecule has 1 aromatic rings. The number of rotatable bonds is 2. The third kappa shape index (κ3) is 6.14. The van der Waals surface area contributed by atoms with Crippen LogP contribution in [0, 0.1) is 11.3 Å². The number of allylic oxidation sites excluding steroid dienone is 2. The van der Waals surface area contributed by atoms with Crippen molar-refractivity contribution in [2.45, 2.75) is 11.8 Å². The molecule has 0 aromatic heterocycles. The van der Waals surface area contributed by atoms with Crippen molar-refractivity contribution >= 4 is 29.7 Å². The van der Waals surface area contributed by atoms with Gasteiger partial charge in [0.05, 0.1) is 6.54 Å². The Hall–Kier alpha value is -2.30. The quantitative estimate of drug-likeness (QED) is 0.641. The van der Waals surface area contributed by atoms with E-state index in [0.29, 0.717) is 12.3 Å². The molecule has 2 rings (SSSR count). The minimum absolute atomic E-state index is 0.354. The highest BCUT2D eigenvalue weighted by molar-refractivity contribution is 7.97. The van der Waals surface area contributed by atoms with Crippen molar-refractivity contribution in [2.24, 2.45) is 9.98 Å². The number of nitrogens with zero attached hydrogens (tertiary/aromatic N) is 4. The SMILES string of the molecule is C/C1=C/C(C#N)=NC=NCCN(Sc2ccc(N)cc2)CCN1. The Morgan fingerprint density at radius 3 is 2.83 bits per heavy atom. The predicted octanol–water partition coefficient (Wildman–Crippen LogP) is 2.08. The minimum atomic E-state index is 0.354. The van der Waals surface area contributed by atoms with Crippen LogP contribution in [-0.2, 0) is 0 Å². The molecule has 0 spiro atoms. The summed E-state index contributed by atoms with van der Waals surface area (Å²) in [6.45, 7) is 5.00. The first-order valence-corrected chi connectivity index (χ1v) is 8.11. The van der Waals surface area contributed by atoms with Crippen molar-refractivity contribution in [3.63, 3.8) is 0 Å². The maximum Gasteiger partial charge on any atom is 0.143 e. The van der Waals surface area contributed by atoms with E-state index in [0.717, 1.165) is 35.9 Å². The van der Waals surface area contributed by atoms with E-state index in [2.05, 4.69) is 19.6 Å². The number of benzene rings is 1. The number of hydrogen-bond donors (Lipinski definition) is 2. The lowest BCUT2D eigenvalue weighted by Gasteiger charge is -2.21. The second-order valence-corrected chi connectivity index (χ2v) is 6.16. The number of anilines is 1. The molecule has 1 heterocycles. The first kappa shape index (κ1) is 17.1. The van der Waals surface area contributed by atoms with Gasteiger partial charge in [0.2, 0.25) is 0 Å². The zero-order valence-corrected chi connectivity index (χ0v) is 13.9. The second kappa shape index (κ2) is 8.98. The van der Waals surface area contributed by atoms with Gasteiger partial charge in [-0.3, -0.25) is 4.99 Å². The Morgan fingerprint density at radius 2 is 2.09 bits per heavy atom. The molecule has 0 aliphatic carbocycles. The van der Waals surface area contributed by atoms with E-state index in [-0.39, 0.29) is 0 Å². The zero-order valence-electron chi connectivity index (χ0n) is 13.1. The summed E-state index contributed by atoms with van der Waals surface area (Å²) in [6.07, 6.45) is 3.18. The molecule has 6 nitrogen and oxygen atoms in total. The molecule has 1 aromatic carbocycles. The summed E-state index contributed by atoms with van der Waals surface area (Å²) in [7, 11) is 0. The maximum atomic E-state index is 9.00. The smallest absolute Gasteiger partial charge is 0.143 e. The lowest BCUT2D eigenvalue weighted by molar-refractivity contribution is 0.476. The summed E-state index contributed by atoms with van der Waals surface area (Å²) in [5.41, 5.74) is 7.75. The van der Waals surface area contributed by atoms with Crippen LogP contribution in [0.4, 0.5) is 5.69 Å². The van der Waals surface area contributed by atoms with Gasteiger partial charge in [-0.15, -0.1) is 0 Å². The summed E-state index contributed by atoms with van der Waals surface area (Å²) >= 11 is 1.69. The molecule has 0 radical (unpaired) electrons. The van der Waals surface area contributed by atoms with Gasteiger partial charge in [0, 0.05) is 35.9 Å². The third-order valence-electron chi connectivity index (χ3n) is 3.10. The fourth-order valence-corrected chi connectivity index (χ4v) is 2.85. The molecule has 0 bridgehead atoms.